The average molecular weight is 384 g/mol. The molecule has 2 aromatic carbocycles. The van der Waals surface area contributed by atoms with E-state index in [4.69, 9.17) is 13.9 Å². The van der Waals surface area contributed by atoms with E-state index in [1.165, 1.54) is 24.3 Å². The molecule has 1 heterocycles. The third-order valence-corrected chi connectivity index (χ3v) is 4.02. The molecule has 0 aliphatic heterocycles. The van der Waals surface area contributed by atoms with E-state index < -0.39 is 12.1 Å². The van der Waals surface area contributed by atoms with Crippen LogP contribution in [0.4, 0.5) is 4.39 Å². The molecule has 0 bridgehead atoms. The summed E-state index contributed by atoms with van der Waals surface area (Å²) in [6, 6.07) is 12.4. The minimum atomic E-state index is -0.727. The minimum Gasteiger partial charge on any atom is -0.494 e. The summed E-state index contributed by atoms with van der Waals surface area (Å²) < 4.78 is 29.5. The second-order valence-corrected chi connectivity index (χ2v) is 6.23. The Hall–Kier alpha value is -3.22. The molecule has 0 N–H and O–H groups in total. The summed E-state index contributed by atoms with van der Waals surface area (Å²) >= 11 is 0. The van der Waals surface area contributed by atoms with Crippen LogP contribution >= 0.6 is 0 Å². The van der Waals surface area contributed by atoms with Crippen molar-refractivity contribution in [3.63, 3.8) is 0 Å². The average Bonchev–Trinajstić information content (AvgIpc) is 3.19. The third kappa shape index (κ3) is 4.94. The molecule has 0 saturated heterocycles. The van der Waals surface area contributed by atoms with Crippen LogP contribution in [0.2, 0.25) is 0 Å². The van der Waals surface area contributed by atoms with Crippen LogP contribution in [0, 0.1) is 5.82 Å². The highest BCUT2D eigenvalue weighted by atomic mass is 19.1. The van der Waals surface area contributed by atoms with Gasteiger partial charge in [0.25, 0.3) is 5.89 Å². The van der Waals surface area contributed by atoms with Gasteiger partial charge in [0, 0.05) is 5.56 Å². The summed E-state index contributed by atoms with van der Waals surface area (Å²) in [6.45, 7) is 4.38. The summed E-state index contributed by atoms with van der Waals surface area (Å²) in [5.74, 6) is 0.235. The number of rotatable bonds is 8. The van der Waals surface area contributed by atoms with Crippen LogP contribution in [0.15, 0.2) is 52.9 Å². The molecule has 3 aromatic rings. The molecule has 0 amide bonds. The van der Waals surface area contributed by atoms with Gasteiger partial charge in [-0.05, 0) is 61.9 Å². The maximum atomic E-state index is 13.0. The van der Waals surface area contributed by atoms with E-state index in [1.54, 1.807) is 31.2 Å². The van der Waals surface area contributed by atoms with Crippen LogP contribution in [0.5, 0.6) is 5.75 Å². The number of esters is 1. The molecule has 1 atom stereocenters. The number of aromatic nitrogens is 2. The molecule has 0 fully saturated rings. The predicted octanol–water partition coefficient (Wildman–Crippen LogP) is 4.97. The van der Waals surface area contributed by atoms with Gasteiger partial charge in [-0.25, -0.2) is 9.18 Å². The van der Waals surface area contributed by atoms with Crippen molar-refractivity contribution in [2.45, 2.75) is 32.8 Å². The topological polar surface area (TPSA) is 74.5 Å². The Morgan fingerprint density at radius 2 is 1.82 bits per heavy atom. The lowest BCUT2D eigenvalue weighted by atomic mass is 10.2. The number of hydrogen-bond donors (Lipinski definition) is 0. The van der Waals surface area contributed by atoms with Crippen molar-refractivity contribution in [2.75, 3.05) is 6.61 Å². The summed E-state index contributed by atoms with van der Waals surface area (Å²) in [5.41, 5.74) is 0.977. The zero-order valence-corrected chi connectivity index (χ0v) is 15.7. The lowest BCUT2D eigenvalue weighted by Crippen LogP contribution is -2.09. The highest BCUT2D eigenvalue weighted by Crippen LogP contribution is 2.23. The Balaban J connectivity index is 1.60. The summed E-state index contributed by atoms with van der Waals surface area (Å²) in [5, 5.41) is 7.83. The van der Waals surface area contributed by atoms with Gasteiger partial charge in [-0.15, -0.1) is 10.2 Å². The van der Waals surface area contributed by atoms with Crippen molar-refractivity contribution < 1.29 is 23.1 Å². The van der Waals surface area contributed by atoms with Crippen molar-refractivity contribution in [1.29, 1.82) is 0 Å². The molecule has 3 rings (SSSR count). The minimum absolute atomic E-state index is 0.159. The third-order valence-electron chi connectivity index (χ3n) is 4.02. The summed E-state index contributed by atoms with van der Waals surface area (Å²) in [7, 11) is 0. The molecular formula is C21H21FN2O4. The first-order valence-corrected chi connectivity index (χ1v) is 9.10. The zero-order chi connectivity index (χ0) is 19.9. The number of ether oxygens (including phenoxy) is 2. The van der Waals surface area contributed by atoms with Crippen LogP contribution in [0.25, 0.3) is 11.5 Å². The standard InChI is InChI=1S/C21H21FN2O4/c1-3-4-13-26-18-11-7-16(8-12-18)21(25)27-14(2)19-23-24-20(28-19)15-5-9-17(22)10-6-15/h5-12,14H,3-4,13H2,1-2H3. The first-order chi connectivity index (χ1) is 13.6. The molecule has 0 saturated carbocycles. The lowest BCUT2D eigenvalue weighted by Gasteiger charge is -2.10. The first kappa shape index (κ1) is 19.5. The number of benzene rings is 2. The SMILES string of the molecule is CCCCOc1ccc(C(=O)OC(C)c2nnc(-c3ccc(F)cc3)o2)cc1. The predicted molar refractivity (Wildman–Crippen MR) is 100 cm³/mol. The van der Waals surface area contributed by atoms with E-state index in [1.807, 2.05) is 0 Å². The van der Waals surface area contributed by atoms with Gasteiger partial charge in [-0.3, -0.25) is 0 Å². The zero-order valence-electron chi connectivity index (χ0n) is 15.7. The van der Waals surface area contributed by atoms with Crippen LogP contribution in [-0.4, -0.2) is 22.8 Å². The molecular weight excluding hydrogens is 363 g/mol. The monoisotopic (exact) mass is 384 g/mol. The van der Waals surface area contributed by atoms with Gasteiger partial charge in [-0.1, -0.05) is 13.3 Å². The fraction of sp³-hybridized carbons (Fsp3) is 0.286. The molecule has 0 radical (unpaired) electrons. The largest absolute Gasteiger partial charge is 0.494 e. The van der Waals surface area contributed by atoms with Gasteiger partial charge in [-0.2, -0.15) is 0 Å². The quantitative estimate of drug-likeness (QED) is 0.403. The van der Waals surface area contributed by atoms with E-state index in [9.17, 15) is 9.18 Å². The van der Waals surface area contributed by atoms with Gasteiger partial charge < -0.3 is 13.9 Å². The Morgan fingerprint density at radius 3 is 2.50 bits per heavy atom. The second kappa shape index (κ2) is 9.12. The number of halogens is 1. The van der Waals surface area contributed by atoms with Crippen molar-refractivity contribution in [1.82, 2.24) is 10.2 Å². The molecule has 0 spiro atoms. The van der Waals surface area contributed by atoms with E-state index in [-0.39, 0.29) is 17.6 Å². The first-order valence-electron chi connectivity index (χ1n) is 9.10. The maximum Gasteiger partial charge on any atom is 0.338 e. The number of unbranched alkanes of at least 4 members (excludes halogenated alkanes) is 1. The fourth-order valence-corrected chi connectivity index (χ4v) is 2.41. The van der Waals surface area contributed by atoms with E-state index in [2.05, 4.69) is 17.1 Å². The Morgan fingerprint density at radius 1 is 1.11 bits per heavy atom. The summed E-state index contributed by atoms with van der Waals surface area (Å²) in [4.78, 5) is 12.3. The van der Waals surface area contributed by atoms with Gasteiger partial charge in [0.1, 0.15) is 11.6 Å². The molecule has 0 aliphatic carbocycles. The lowest BCUT2D eigenvalue weighted by molar-refractivity contribution is 0.0280. The molecule has 1 aromatic heterocycles. The molecule has 146 valence electrons. The molecule has 28 heavy (non-hydrogen) atoms. The van der Waals surface area contributed by atoms with Gasteiger partial charge in [0.2, 0.25) is 5.89 Å². The van der Waals surface area contributed by atoms with E-state index in [0.717, 1.165) is 12.8 Å². The van der Waals surface area contributed by atoms with Crippen molar-refractivity contribution >= 4 is 5.97 Å². The Labute approximate surface area is 162 Å². The fourth-order valence-electron chi connectivity index (χ4n) is 2.41. The molecule has 6 nitrogen and oxygen atoms in total. The van der Waals surface area contributed by atoms with Crippen LogP contribution < -0.4 is 4.74 Å². The second-order valence-electron chi connectivity index (χ2n) is 6.23. The van der Waals surface area contributed by atoms with E-state index >= 15 is 0 Å². The Bertz CT molecular complexity index is 907. The number of carbonyl (C=O) groups is 1. The van der Waals surface area contributed by atoms with Crippen LogP contribution in [-0.2, 0) is 4.74 Å². The van der Waals surface area contributed by atoms with Crippen LogP contribution in [0.3, 0.4) is 0 Å². The number of hydrogen-bond acceptors (Lipinski definition) is 6. The smallest absolute Gasteiger partial charge is 0.338 e. The van der Waals surface area contributed by atoms with Gasteiger partial charge in [0.15, 0.2) is 6.10 Å². The highest BCUT2D eigenvalue weighted by molar-refractivity contribution is 5.89. The summed E-state index contributed by atoms with van der Waals surface area (Å²) in [6.07, 6.45) is 1.31. The molecule has 7 heteroatoms. The van der Waals surface area contributed by atoms with Crippen molar-refractivity contribution in [2.24, 2.45) is 0 Å². The van der Waals surface area contributed by atoms with Gasteiger partial charge >= 0.3 is 5.97 Å². The maximum absolute atomic E-state index is 13.0. The van der Waals surface area contributed by atoms with Crippen molar-refractivity contribution in [3.8, 4) is 17.2 Å². The number of nitrogens with zero attached hydrogens (tertiary/aromatic N) is 2. The highest BCUT2D eigenvalue weighted by Gasteiger charge is 2.20. The normalized spacial score (nSPS) is 11.8. The molecule has 1 unspecified atom stereocenters. The number of carbonyl (C=O) groups excluding carboxylic acids is 1. The Kier molecular flexibility index (Phi) is 6.37. The molecule has 0 aliphatic rings. The van der Waals surface area contributed by atoms with E-state index in [0.29, 0.717) is 23.5 Å². The van der Waals surface area contributed by atoms with Gasteiger partial charge in [0.05, 0.1) is 12.2 Å². The van der Waals surface area contributed by atoms with Crippen molar-refractivity contribution in [3.05, 3.63) is 65.8 Å². The van der Waals surface area contributed by atoms with Crippen LogP contribution in [0.1, 0.15) is 49.0 Å².